The molecule has 0 radical (unpaired) electrons. The molecule has 1 N–H and O–H groups in total. The number of carbonyl (C=O) groups is 2. The standard InChI is InChI=1S/C15H27NO3/c1-14(2,3)10-7-8-16(9-10)12(17)11(13(18)19)15(4,5)6/h10-11H,7-9H2,1-6H3,(H,18,19). The SMILES string of the molecule is CC(C)(C)C1CCN(C(=O)C(C(=O)O)C(C)(C)C)C1. The van der Waals surface area contributed by atoms with Crippen LogP contribution in [-0.4, -0.2) is 35.0 Å². The largest absolute Gasteiger partial charge is 0.481 e. The molecule has 0 aromatic rings. The van der Waals surface area contributed by atoms with E-state index < -0.39 is 17.3 Å². The van der Waals surface area contributed by atoms with Gasteiger partial charge in [-0.25, -0.2) is 0 Å². The summed E-state index contributed by atoms with van der Waals surface area (Å²) in [6.07, 6.45) is 0.964. The molecule has 1 heterocycles. The normalized spacial score (nSPS) is 22.4. The maximum atomic E-state index is 12.5. The van der Waals surface area contributed by atoms with Gasteiger partial charge in [-0.15, -0.1) is 0 Å². The summed E-state index contributed by atoms with van der Waals surface area (Å²) in [4.78, 5) is 25.6. The topological polar surface area (TPSA) is 57.6 Å². The maximum absolute atomic E-state index is 12.5. The van der Waals surface area contributed by atoms with Crippen LogP contribution >= 0.6 is 0 Å². The molecule has 1 fully saturated rings. The summed E-state index contributed by atoms with van der Waals surface area (Å²) >= 11 is 0. The van der Waals surface area contributed by atoms with Gasteiger partial charge in [0, 0.05) is 13.1 Å². The fourth-order valence-corrected chi connectivity index (χ4v) is 2.70. The minimum Gasteiger partial charge on any atom is -0.481 e. The molecule has 0 aromatic carbocycles. The van der Waals surface area contributed by atoms with E-state index in [-0.39, 0.29) is 11.3 Å². The molecule has 1 rings (SSSR count). The first-order valence-corrected chi connectivity index (χ1v) is 6.96. The second-order valence-electron chi connectivity index (χ2n) is 7.77. The van der Waals surface area contributed by atoms with Crippen LogP contribution in [0.15, 0.2) is 0 Å². The van der Waals surface area contributed by atoms with Crippen LogP contribution in [0.4, 0.5) is 0 Å². The molecule has 2 atom stereocenters. The van der Waals surface area contributed by atoms with Gasteiger partial charge in [-0.2, -0.15) is 0 Å². The Labute approximate surface area is 116 Å². The molecule has 1 saturated heterocycles. The van der Waals surface area contributed by atoms with Gasteiger partial charge in [-0.05, 0) is 23.2 Å². The summed E-state index contributed by atoms with van der Waals surface area (Å²) in [6.45, 7) is 13.3. The van der Waals surface area contributed by atoms with Crippen LogP contribution in [0.1, 0.15) is 48.0 Å². The number of amides is 1. The first-order valence-electron chi connectivity index (χ1n) is 6.96. The molecule has 1 aliphatic heterocycles. The van der Waals surface area contributed by atoms with Crippen molar-refractivity contribution in [1.82, 2.24) is 4.90 Å². The van der Waals surface area contributed by atoms with Gasteiger partial charge in [0.05, 0.1) is 0 Å². The Balaban J connectivity index is 2.82. The van der Waals surface area contributed by atoms with Crippen LogP contribution in [0.3, 0.4) is 0 Å². The predicted molar refractivity (Wildman–Crippen MR) is 74.7 cm³/mol. The summed E-state index contributed by atoms with van der Waals surface area (Å²) < 4.78 is 0. The van der Waals surface area contributed by atoms with Gasteiger partial charge in [0.25, 0.3) is 0 Å². The average molecular weight is 269 g/mol. The molecule has 4 heteroatoms. The third-order valence-corrected chi connectivity index (χ3v) is 4.08. The van der Waals surface area contributed by atoms with E-state index in [9.17, 15) is 14.7 Å². The zero-order valence-electron chi connectivity index (χ0n) is 13.0. The smallest absolute Gasteiger partial charge is 0.316 e. The number of carboxylic acids is 1. The average Bonchev–Trinajstić information content (AvgIpc) is 2.61. The number of likely N-dealkylation sites (tertiary alicyclic amines) is 1. The lowest BCUT2D eigenvalue weighted by atomic mass is 9.79. The minimum absolute atomic E-state index is 0.162. The van der Waals surface area contributed by atoms with Crippen molar-refractivity contribution < 1.29 is 14.7 Å². The molecule has 1 aliphatic rings. The first-order chi connectivity index (χ1) is 8.44. The highest BCUT2D eigenvalue weighted by atomic mass is 16.4. The van der Waals surface area contributed by atoms with Crippen LogP contribution in [0.5, 0.6) is 0 Å². The molecule has 0 bridgehead atoms. The number of carbonyl (C=O) groups excluding carboxylic acids is 1. The number of carboxylic acid groups (broad SMARTS) is 1. The summed E-state index contributed by atoms with van der Waals surface area (Å²) in [5.41, 5.74) is -0.391. The highest BCUT2D eigenvalue weighted by Crippen LogP contribution is 2.36. The van der Waals surface area contributed by atoms with E-state index in [0.717, 1.165) is 6.42 Å². The Morgan fingerprint density at radius 3 is 2.00 bits per heavy atom. The molecule has 19 heavy (non-hydrogen) atoms. The van der Waals surface area contributed by atoms with E-state index in [2.05, 4.69) is 20.8 Å². The molecule has 110 valence electrons. The van der Waals surface area contributed by atoms with Crippen molar-refractivity contribution in [2.45, 2.75) is 48.0 Å². The fourth-order valence-electron chi connectivity index (χ4n) is 2.70. The van der Waals surface area contributed by atoms with E-state index in [1.165, 1.54) is 0 Å². The van der Waals surface area contributed by atoms with Crippen LogP contribution in [0.25, 0.3) is 0 Å². The summed E-state index contributed by atoms with van der Waals surface area (Å²) in [7, 11) is 0. The van der Waals surface area contributed by atoms with Crippen molar-refractivity contribution in [3.05, 3.63) is 0 Å². The van der Waals surface area contributed by atoms with Crippen molar-refractivity contribution in [2.75, 3.05) is 13.1 Å². The van der Waals surface area contributed by atoms with E-state index in [0.29, 0.717) is 19.0 Å². The number of rotatable bonds is 2. The van der Waals surface area contributed by atoms with Crippen LogP contribution in [0.2, 0.25) is 0 Å². The second-order valence-corrected chi connectivity index (χ2v) is 7.77. The van der Waals surface area contributed by atoms with Crippen LogP contribution < -0.4 is 0 Å². The fraction of sp³-hybridized carbons (Fsp3) is 0.867. The third-order valence-electron chi connectivity index (χ3n) is 4.08. The Morgan fingerprint density at radius 2 is 1.68 bits per heavy atom. The van der Waals surface area contributed by atoms with Gasteiger partial charge < -0.3 is 10.0 Å². The molecule has 0 aliphatic carbocycles. The highest BCUT2D eigenvalue weighted by molar-refractivity contribution is 5.97. The zero-order valence-corrected chi connectivity index (χ0v) is 13.0. The van der Waals surface area contributed by atoms with Gasteiger partial charge in [0.2, 0.25) is 5.91 Å². The Kier molecular flexibility index (Phi) is 4.33. The summed E-state index contributed by atoms with van der Waals surface area (Å²) in [6, 6.07) is 0. The molecule has 1 amide bonds. The third kappa shape index (κ3) is 3.71. The molecular weight excluding hydrogens is 242 g/mol. The monoisotopic (exact) mass is 269 g/mol. The number of hydrogen-bond donors (Lipinski definition) is 1. The number of aliphatic carboxylic acids is 1. The van der Waals surface area contributed by atoms with Gasteiger partial charge in [0.1, 0.15) is 5.92 Å². The zero-order chi connectivity index (χ0) is 15.0. The molecule has 0 aromatic heterocycles. The van der Waals surface area contributed by atoms with Crippen molar-refractivity contribution in [3.8, 4) is 0 Å². The summed E-state index contributed by atoms with van der Waals surface area (Å²) in [5.74, 6) is -1.75. The Bertz CT molecular complexity index is 363. The van der Waals surface area contributed by atoms with E-state index >= 15 is 0 Å². The minimum atomic E-state index is -1.02. The van der Waals surface area contributed by atoms with Crippen LogP contribution in [-0.2, 0) is 9.59 Å². The van der Waals surface area contributed by atoms with Gasteiger partial charge in [-0.1, -0.05) is 41.5 Å². The quantitative estimate of drug-likeness (QED) is 0.784. The van der Waals surface area contributed by atoms with Crippen molar-refractivity contribution in [1.29, 1.82) is 0 Å². The molecule has 0 spiro atoms. The Morgan fingerprint density at radius 1 is 1.16 bits per heavy atom. The highest BCUT2D eigenvalue weighted by Gasteiger charge is 2.43. The summed E-state index contributed by atoms with van der Waals surface area (Å²) in [5, 5.41) is 9.32. The van der Waals surface area contributed by atoms with Crippen molar-refractivity contribution in [3.63, 3.8) is 0 Å². The second kappa shape index (κ2) is 5.14. The lowest BCUT2D eigenvalue weighted by Gasteiger charge is -2.31. The van der Waals surface area contributed by atoms with Gasteiger partial charge in [-0.3, -0.25) is 9.59 Å². The van der Waals surface area contributed by atoms with Gasteiger partial charge in [0.15, 0.2) is 0 Å². The first kappa shape index (κ1) is 16.0. The predicted octanol–water partition coefficient (Wildman–Crippen LogP) is 2.63. The number of hydrogen-bond acceptors (Lipinski definition) is 2. The lowest BCUT2D eigenvalue weighted by molar-refractivity contribution is -0.155. The molecule has 2 unspecified atom stereocenters. The van der Waals surface area contributed by atoms with E-state index in [1.54, 1.807) is 25.7 Å². The molecule has 4 nitrogen and oxygen atoms in total. The maximum Gasteiger partial charge on any atom is 0.316 e. The van der Waals surface area contributed by atoms with Crippen molar-refractivity contribution in [2.24, 2.45) is 22.7 Å². The van der Waals surface area contributed by atoms with E-state index in [1.807, 2.05) is 0 Å². The van der Waals surface area contributed by atoms with E-state index in [4.69, 9.17) is 0 Å². The Hall–Kier alpha value is -1.06. The molecular formula is C15H27NO3. The van der Waals surface area contributed by atoms with Crippen LogP contribution in [0, 0.1) is 22.7 Å². The lowest BCUT2D eigenvalue weighted by Crippen LogP contribution is -2.44. The molecule has 0 saturated carbocycles. The van der Waals surface area contributed by atoms with Crippen molar-refractivity contribution >= 4 is 11.9 Å². The van der Waals surface area contributed by atoms with Gasteiger partial charge >= 0.3 is 5.97 Å². The number of nitrogens with zero attached hydrogens (tertiary/aromatic N) is 1.